The molecule has 0 bridgehead atoms. The van der Waals surface area contributed by atoms with Gasteiger partial charge in [0.2, 0.25) is 0 Å². The van der Waals surface area contributed by atoms with E-state index < -0.39 is 0 Å². The van der Waals surface area contributed by atoms with Crippen LogP contribution in [0.3, 0.4) is 0 Å². The SMILES string of the molecule is Cc1ccnc(-n2c(S[C@H]3CCOC3=O)nc3ccccc3c2=O)c1. The van der Waals surface area contributed by atoms with Gasteiger partial charge in [0.1, 0.15) is 11.1 Å². The summed E-state index contributed by atoms with van der Waals surface area (Å²) >= 11 is 1.25. The summed E-state index contributed by atoms with van der Waals surface area (Å²) in [6.07, 6.45) is 2.26. The van der Waals surface area contributed by atoms with Gasteiger partial charge in [0.25, 0.3) is 5.56 Å². The number of rotatable bonds is 3. The molecule has 0 saturated carbocycles. The third-order valence-electron chi connectivity index (χ3n) is 4.01. The van der Waals surface area contributed by atoms with E-state index in [-0.39, 0.29) is 16.8 Å². The predicted octanol–water partition coefficient (Wildman–Crippen LogP) is 2.50. The Kier molecular flexibility index (Phi) is 4.01. The number of cyclic esters (lactones) is 1. The highest BCUT2D eigenvalue weighted by atomic mass is 32.2. The molecule has 3 heterocycles. The number of aromatic nitrogens is 3. The minimum absolute atomic E-state index is 0.197. The Balaban J connectivity index is 1.94. The molecule has 3 aromatic rings. The molecule has 2 aromatic heterocycles. The third kappa shape index (κ3) is 2.91. The van der Waals surface area contributed by atoms with Gasteiger partial charge in [-0.1, -0.05) is 23.9 Å². The third-order valence-corrected chi connectivity index (χ3v) is 5.21. The number of hydrogen-bond acceptors (Lipinski definition) is 6. The first kappa shape index (κ1) is 15.8. The van der Waals surface area contributed by atoms with Crippen LogP contribution in [0.1, 0.15) is 12.0 Å². The van der Waals surface area contributed by atoms with Gasteiger partial charge in [0.15, 0.2) is 5.16 Å². The predicted molar refractivity (Wildman–Crippen MR) is 95.1 cm³/mol. The minimum Gasteiger partial charge on any atom is -0.465 e. The Hall–Kier alpha value is -2.67. The first-order valence-electron chi connectivity index (χ1n) is 7.91. The molecule has 0 N–H and O–H groups in total. The zero-order valence-corrected chi connectivity index (χ0v) is 14.3. The fraction of sp³-hybridized carbons (Fsp3) is 0.222. The van der Waals surface area contributed by atoms with Crippen molar-refractivity contribution in [2.75, 3.05) is 6.61 Å². The lowest BCUT2D eigenvalue weighted by Gasteiger charge is -2.14. The molecule has 1 saturated heterocycles. The number of thioether (sulfide) groups is 1. The molecule has 1 aromatic carbocycles. The number of hydrogen-bond donors (Lipinski definition) is 0. The van der Waals surface area contributed by atoms with E-state index in [0.717, 1.165) is 5.56 Å². The molecule has 0 unspecified atom stereocenters. The van der Waals surface area contributed by atoms with Crippen LogP contribution in [-0.2, 0) is 9.53 Å². The summed E-state index contributed by atoms with van der Waals surface area (Å²) in [6.45, 7) is 2.34. The Labute approximate surface area is 147 Å². The second-order valence-corrected chi connectivity index (χ2v) is 6.98. The summed E-state index contributed by atoms with van der Waals surface area (Å²) in [4.78, 5) is 33.9. The number of benzene rings is 1. The lowest BCUT2D eigenvalue weighted by Crippen LogP contribution is -2.24. The molecule has 1 fully saturated rings. The van der Waals surface area contributed by atoms with Crippen molar-refractivity contribution in [3.05, 3.63) is 58.5 Å². The van der Waals surface area contributed by atoms with Gasteiger partial charge in [-0.2, -0.15) is 0 Å². The van der Waals surface area contributed by atoms with E-state index >= 15 is 0 Å². The van der Waals surface area contributed by atoms with Crippen LogP contribution in [-0.4, -0.2) is 32.4 Å². The van der Waals surface area contributed by atoms with Gasteiger partial charge >= 0.3 is 5.97 Å². The second kappa shape index (κ2) is 6.33. The lowest BCUT2D eigenvalue weighted by atomic mass is 10.2. The molecular formula is C18H15N3O3S. The molecule has 126 valence electrons. The number of para-hydroxylation sites is 1. The summed E-state index contributed by atoms with van der Waals surface area (Å²) < 4.78 is 6.51. The Bertz CT molecular complexity index is 1030. The average molecular weight is 353 g/mol. The Morgan fingerprint density at radius 2 is 2.08 bits per heavy atom. The van der Waals surface area contributed by atoms with Gasteiger partial charge in [-0.3, -0.25) is 9.59 Å². The van der Waals surface area contributed by atoms with Gasteiger partial charge in [0, 0.05) is 12.6 Å². The van der Waals surface area contributed by atoms with Gasteiger partial charge in [-0.15, -0.1) is 0 Å². The number of esters is 1. The zero-order chi connectivity index (χ0) is 17.4. The highest BCUT2D eigenvalue weighted by Crippen LogP contribution is 2.29. The number of nitrogens with zero attached hydrogens (tertiary/aromatic N) is 3. The monoisotopic (exact) mass is 353 g/mol. The second-order valence-electron chi connectivity index (χ2n) is 5.81. The lowest BCUT2D eigenvalue weighted by molar-refractivity contribution is -0.137. The van der Waals surface area contributed by atoms with Crippen molar-refractivity contribution in [3.8, 4) is 5.82 Å². The van der Waals surface area contributed by atoms with Crippen molar-refractivity contribution in [1.29, 1.82) is 0 Å². The maximum absolute atomic E-state index is 13.1. The van der Waals surface area contributed by atoms with E-state index in [1.165, 1.54) is 16.3 Å². The topological polar surface area (TPSA) is 74.1 Å². The van der Waals surface area contributed by atoms with Gasteiger partial charge < -0.3 is 4.74 Å². The number of fused-ring (bicyclic) bond motifs is 1. The summed E-state index contributed by atoms with van der Waals surface area (Å²) in [5, 5.41) is 0.610. The van der Waals surface area contributed by atoms with Crippen molar-refractivity contribution in [3.63, 3.8) is 0 Å². The van der Waals surface area contributed by atoms with Crippen LogP contribution < -0.4 is 5.56 Å². The average Bonchev–Trinajstić information content (AvgIpc) is 3.00. The molecule has 7 heteroatoms. The quantitative estimate of drug-likeness (QED) is 0.532. The van der Waals surface area contributed by atoms with Crippen molar-refractivity contribution in [2.24, 2.45) is 0 Å². The van der Waals surface area contributed by atoms with E-state index in [2.05, 4.69) is 9.97 Å². The normalized spacial score (nSPS) is 17.0. The van der Waals surface area contributed by atoms with Crippen LogP contribution in [0.2, 0.25) is 0 Å². The number of pyridine rings is 1. The summed E-state index contributed by atoms with van der Waals surface area (Å²) in [7, 11) is 0. The van der Waals surface area contributed by atoms with E-state index in [9.17, 15) is 9.59 Å². The van der Waals surface area contributed by atoms with E-state index in [4.69, 9.17) is 4.74 Å². The fourth-order valence-electron chi connectivity index (χ4n) is 2.75. The largest absolute Gasteiger partial charge is 0.465 e. The number of carbonyl (C=O) groups is 1. The van der Waals surface area contributed by atoms with Gasteiger partial charge in [0.05, 0.1) is 17.5 Å². The van der Waals surface area contributed by atoms with Crippen LogP contribution in [0, 0.1) is 6.92 Å². The maximum Gasteiger partial charge on any atom is 0.319 e. The molecular weight excluding hydrogens is 338 g/mol. The van der Waals surface area contributed by atoms with E-state index in [1.807, 2.05) is 25.1 Å². The molecule has 6 nitrogen and oxygen atoms in total. The smallest absolute Gasteiger partial charge is 0.319 e. The van der Waals surface area contributed by atoms with Crippen LogP contribution in [0.5, 0.6) is 0 Å². The molecule has 0 spiro atoms. The fourth-order valence-corrected chi connectivity index (χ4v) is 3.81. The zero-order valence-electron chi connectivity index (χ0n) is 13.5. The van der Waals surface area contributed by atoms with Gasteiger partial charge in [-0.25, -0.2) is 14.5 Å². The molecule has 1 atom stereocenters. The number of carbonyl (C=O) groups excluding carboxylic acids is 1. The number of aryl methyl sites for hydroxylation is 1. The highest BCUT2D eigenvalue weighted by Gasteiger charge is 2.30. The molecule has 1 aliphatic heterocycles. The van der Waals surface area contributed by atoms with Gasteiger partial charge in [-0.05, 0) is 36.8 Å². The molecule has 25 heavy (non-hydrogen) atoms. The van der Waals surface area contributed by atoms with Crippen molar-refractivity contribution in [2.45, 2.75) is 23.8 Å². The van der Waals surface area contributed by atoms with Crippen LogP contribution >= 0.6 is 11.8 Å². The molecule has 0 radical (unpaired) electrons. The standard InChI is InChI=1S/C18H15N3O3S/c1-11-6-8-19-15(10-11)21-16(22)12-4-2-3-5-13(12)20-18(21)25-14-7-9-24-17(14)23/h2-6,8,10,14H,7,9H2,1H3/t14-/m0/s1. The van der Waals surface area contributed by atoms with Crippen LogP contribution in [0.4, 0.5) is 0 Å². The minimum atomic E-state index is -0.357. The van der Waals surface area contributed by atoms with Crippen molar-refractivity contribution in [1.82, 2.24) is 14.5 Å². The highest BCUT2D eigenvalue weighted by molar-refractivity contribution is 8.00. The summed E-state index contributed by atoms with van der Waals surface area (Å²) in [5.41, 5.74) is 1.39. The first-order chi connectivity index (χ1) is 12.1. The van der Waals surface area contributed by atoms with Crippen molar-refractivity contribution < 1.29 is 9.53 Å². The number of ether oxygens (including phenoxy) is 1. The first-order valence-corrected chi connectivity index (χ1v) is 8.79. The van der Waals surface area contributed by atoms with E-state index in [1.54, 1.807) is 24.4 Å². The van der Waals surface area contributed by atoms with Crippen molar-refractivity contribution >= 4 is 28.6 Å². The van der Waals surface area contributed by atoms with Crippen LogP contribution in [0.15, 0.2) is 52.5 Å². The van der Waals surface area contributed by atoms with Crippen LogP contribution in [0.25, 0.3) is 16.7 Å². The maximum atomic E-state index is 13.1. The molecule has 0 amide bonds. The summed E-state index contributed by atoms with van der Waals surface area (Å²) in [5.74, 6) is 0.230. The molecule has 0 aliphatic carbocycles. The molecule has 1 aliphatic rings. The molecule has 4 rings (SSSR count). The Morgan fingerprint density at radius 1 is 1.24 bits per heavy atom. The van der Waals surface area contributed by atoms with E-state index in [0.29, 0.717) is 34.9 Å². The Morgan fingerprint density at radius 3 is 2.84 bits per heavy atom. The summed E-state index contributed by atoms with van der Waals surface area (Å²) in [6, 6.07) is 10.9.